The Hall–Kier alpha value is -2.45. The number of methoxy groups -OCH3 is 1. The van der Waals surface area contributed by atoms with Crippen LogP contribution in [0.5, 0.6) is 11.5 Å². The summed E-state index contributed by atoms with van der Waals surface area (Å²) in [5.74, 6) is 1.40. The van der Waals surface area contributed by atoms with Gasteiger partial charge in [-0.15, -0.1) is 0 Å². The molecule has 4 nitrogen and oxygen atoms in total. The van der Waals surface area contributed by atoms with E-state index in [2.05, 4.69) is 45.3 Å². The highest BCUT2D eigenvalue weighted by molar-refractivity contribution is 6.74. The Balaban J connectivity index is 2.32. The summed E-state index contributed by atoms with van der Waals surface area (Å²) in [6.07, 6.45) is 0. The quantitative estimate of drug-likeness (QED) is 0.700. The maximum atomic E-state index is 9.11. The van der Waals surface area contributed by atoms with E-state index in [1.807, 2.05) is 36.4 Å². The van der Waals surface area contributed by atoms with Crippen molar-refractivity contribution in [2.75, 3.05) is 12.4 Å². The summed E-state index contributed by atoms with van der Waals surface area (Å²) in [6, 6.07) is 15.5. The van der Waals surface area contributed by atoms with Gasteiger partial charge in [-0.1, -0.05) is 32.9 Å². The average molecular weight is 355 g/mol. The van der Waals surface area contributed by atoms with E-state index >= 15 is 0 Å². The lowest BCUT2D eigenvalue weighted by Gasteiger charge is -2.37. The van der Waals surface area contributed by atoms with Gasteiger partial charge in [-0.3, -0.25) is 0 Å². The van der Waals surface area contributed by atoms with Crippen molar-refractivity contribution in [1.29, 1.82) is 5.26 Å². The van der Waals surface area contributed by atoms with E-state index in [-0.39, 0.29) is 5.04 Å². The molecular weight excluding hydrogens is 328 g/mol. The summed E-state index contributed by atoms with van der Waals surface area (Å²) in [5.41, 5.74) is 2.26. The van der Waals surface area contributed by atoms with Gasteiger partial charge in [0.2, 0.25) is 0 Å². The van der Waals surface area contributed by atoms with E-state index in [1.165, 1.54) is 0 Å². The molecule has 0 saturated heterocycles. The summed E-state index contributed by atoms with van der Waals surface area (Å²) < 4.78 is 11.7. The van der Waals surface area contributed by atoms with Crippen molar-refractivity contribution in [3.05, 3.63) is 48.0 Å². The Morgan fingerprint density at radius 3 is 2.32 bits per heavy atom. The van der Waals surface area contributed by atoms with E-state index in [9.17, 15) is 0 Å². The summed E-state index contributed by atoms with van der Waals surface area (Å²) in [7, 11) is -0.371. The molecule has 0 aliphatic carbocycles. The molecule has 2 aromatic carbocycles. The molecule has 0 aliphatic rings. The van der Waals surface area contributed by atoms with Gasteiger partial charge >= 0.3 is 0 Å². The molecule has 0 spiro atoms. The third-order valence-corrected chi connectivity index (χ3v) is 9.00. The minimum Gasteiger partial charge on any atom is -0.542 e. The highest BCUT2D eigenvalue weighted by Crippen LogP contribution is 2.40. The van der Waals surface area contributed by atoms with Gasteiger partial charge in [0, 0.05) is 11.8 Å². The third kappa shape index (κ3) is 4.34. The van der Waals surface area contributed by atoms with Crippen LogP contribution in [0.3, 0.4) is 0 Å². The number of para-hydroxylation sites is 2. The molecule has 0 fully saturated rings. The Morgan fingerprint density at radius 2 is 1.72 bits per heavy atom. The molecule has 25 heavy (non-hydrogen) atoms. The normalized spacial score (nSPS) is 11.6. The molecule has 0 amide bonds. The number of nitriles is 1. The lowest BCUT2D eigenvalue weighted by Crippen LogP contribution is -2.44. The third-order valence-electron chi connectivity index (χ3n) is 4.66. The van der Waals surface area contributed by atoms with E-state index in [4.69, 9.17) is 14.4 Å². The summed E-state index contributed by atoms with van der Waals surface area (Å²) in [5, 5.41) is 12.6. The van der Waals surface area contributed by atoms with E-state index in [0.29, 0.717) is 11.3 Å². The molecule has 5 heteroatoms. The second kappa shape index (κ2) is 7.20. The number of nitrogens with zero attached hydrogens (tertiary/aromatic N) is 1. The van der Waals surface area contributed by atoms with Crippen LogP contribution < -0.4 is 14.5 Å². The summed E-state index contributed by atoms with van der Waals surface area (Å²) in [4.78, 5) is 0. The number of anilines is 2. The Morgan fingerprint density at radius 1 is 1.04 bits per heavy atom. The monoisotopic (exact) mass is 354 g/mol. The van der Waals surface area contributed by atoms with Crippen molar-refractivity contribution in [2.45, 2.75) is 38.9 Å². The van der Waals surface area contributed by atoms with Crippen LogP contribution in [0.1, 0.15) is 26.3 Å². The number of hydrogen-bond donors (Lipinski definition) is 1. The van der Waals surface area contributed by atoms with Crippen molar-refractivity contribution in [1.82, 2.24) is 0 Å². The first kappa shape index (κ1) is 18.9. The molecule has 132 valence electrons. The van der Waals surface area contributed by atoms with Gasteiger partial charge in [0.25, 0.3) is 8.32 Å². The fourth-order valence-electron chi connectivity index (χ4n) is 2.10. The second-order valence-corrected chi connectivity index (χ2v) is 12.2. The van der Waals surface area contributed by atoms with Gasteiger partial charge in [-0.2, -0.15) is 5.26 Å². The van der Waals surface area contributed by atoms with Gasteiger partial charge in [0.15, 0.2) is 0 Å². The SMILES string of the molecule is COc1cc(Nc2ccccc2O[Si](C)(C)C(C)(C)C)ccc1C#N. The van der Waals surface area contributed by atoms with Crippen LogP contribution >= 0.6 is 0 Å². The van der Waals surface area contributed by atoms with Crippen molar-refractivity contribution < 1.29 is 9.16 Å². The molecule has 0 atom stereocenters. The minimum atomic E-state index is -1.93. The fraction of sp³-hybridized carbons (Fsp3) is 0.350. The number of nitrogens with one attached hydrogen (secondary N) is 1. The lowest BCUT2D eigenvalue weighted by molar-refractivity contribution is 0.413. The number of hydrogen-bond acceptors (Lipinski definition) is 4. The topological polar surface area (TPSA) is 54.3 Å². The molecule has 0 saturated carbocycles. The van der Waals surface area contributed by atoms with Gasteiger partial charge in [-0.05, 0) is 42.4 Å². The zero-order valence-electron chi connectivity index (χ0n) is 15.8. The molecule has 0 aliphatic heterocycles. The average Bonchev–Trinajstić information content (AvgIpc) is 2.55. The first-order valence-electron chi connectivity index (χ1n) is 8.31. The van der Waals surface area contributed by atoms with E-state index in [1.54, 1.807) is 13.2 Å². The minimum absolute atomic E-state index is 0.123. The van der Waals surface area contributed by atoms with Crippen molar-refractivity contribution in [3.63, 3.8) is 0 Å². The highest BCUT2D eigenvalue weighted by Gasteiger charge is 2.39. The first-order valence-corrected chi connectivity index (χ1v) is 11.2. The smallest absolute Gasteiger partial charge is 0.250 e. The van der Waals surface area contributed by atoms with Gasteiger partial charge < -0.3 is 14.5 Å². The van der Waals surface area contributed by atoms with Crippen molar-refractivity contribution >= 4 is 19.7 Å². The zero-order valence-corrected chi connectivity index (χ0v) is 16.8. The maximum absolute atomic E-state index is 9.11. The predicted molar refractivity (Wildman–Crippen MR) is 105 cm³/mol. The van der Waals surface area contributed by atoms with Crippen LogP contribution in [-0.4, -0.2) is 15.4 Å². The standard InChI is InChI=1S/C20H26N2O2Si/c1-20(2,3)25(5,6)24-18-10-8-7-9-17(18)22-16-12-11-15(14-21)19(13-16)23-4/h7-13,22H,1-6H3. The zero-order chi connectivity index (χ0) is 18.7. The van der Waals surface area contributed by atoms with Crippen molar-refractivity contribution in [2.24, 2.45) is 0 Å². The second-order valence-electron chi connectivity index (χ2n) is 7.51. The van der Waals surface area contributed by atoms with Crippen LogP contribution in [0.15, 0.2) is 42.5 Å². The van der Waals surface area contributed by atoms with Crippen molar-refractivity contribution in [3.8, 4) is 17.6 Å². The molecule has 2 rings (SSSR count). The molecule has 1 N–H and O–H groups in total. The highest BCUT2D eigenvalue weighted by atomic mass is 28.4. The van der Waals surface area contributed by atoms with Gasteiger partial charge in [0.1, 0.15) is 17.6 Å². The Labute approximate surface area is 151 Å². The van der Waals surface area contributed by atoms with Gasteiger partial charge in [-0.25, -0.2) is 0 Å². The Bertz CT molecular complexity index is 789. The number of benzene rings is 2. The molecule has 0 heterocycles. The molecule has 2 aromatic rings. The first-order chi connectivity index (χ1) is 11.7. The van der Waals surface area contributed by atoms with Crippen LogP contribution in [-0.2, 0) is 0 Å². The Kier molecular flexibility index (Phi) is 5.44. The number of ether oxygens (including phenoxy) is 1. The molecule has 0 unspecified atom stereocenters. The fourth-order valence-corrected chi connectivity index (χ4v) is 3.14. The van der Waals surface area contributed by atoms with Crippen LogP contribution in [0.25, 0.3) is 0 Å². The lowest BCUT2D eigenvalue weighted by atomic mass is 10.2. The largest absolute Gasteiger partial charge is 0.542 e. The predicted octanol–water partition coefficient (Wildman–Crippen LogP) is 5.69. The maximum Gasteiger partial charge on any atom is 0.250 e. The summed E-state index contributed by atoms with van der Waals surface area (Å²) in [6.45, 7) is 11.1. The molecule has 0 radical (unpaired) electrons. The van der Waals surface area contributed by atoms with E-state index in [0.717, 1.165) is 17.1 Å². The molecule has 0 bridgehead atoms. The van der Waals surface area contributed by atoms with Gasteiger partial charge in [0.05, 0.1) is 18.4 Å². The van der Waals surface area contributed by atoms with E-state index < -0.39 is 8.32 Å². The molecular formula is C20H26N2O2Si. The van der Waals surface area contributed by atoms with Crippen LogP contribution in [0.4, 0.5) is 11.4 Å². The number of rotatable bonds is 5. The summed E-state index contributed by atoms with van der Waals surface area (Å²) >= 11 is 0. The molecule has 0 aromatic heterocycles. The van der Waals surface area contributed by atoms with Crippen LogP contribution in [0, 0.1) is 11.3 Å². The van der Waals surface area contributed by atoms with Crippen LogP contribution in [0.2, 0.25) is 18.1 Å².